The van der Waals surface area contributed by atoms with Gasteiger partial charge in [-0.25, -0.2) is 0 Å². The number of para-hydroxylation sites is 2. The molecule has 0 atom stereocenters. The van der Waals surface area contributed by atoms with Gasteiger partial charge in [-0.1, -0.05) is 12.1 Å². The van der Waals surface area contributed by atoms with Crippen LogP contribution in [-0.2, 0) is 11.3 Å². The van der Waals surface area contributed by atoms with Crippen molar-refractivity contribution in [2.45, 2.75) is 20.4 Å². The molecule has 1 aromatic carbocycles. The summed E-state index contributed by atoms with van der Waals surface area (Å²) in [5.74, 6) is 0.345. The number of nitrogens with one attached hydrogen (secondary N) is 1. The summed E-state index contributed by atoms with van der Waals surface area (Å²) in [6, 6.07) is 10.5. The van der Waals surface area contributed by atoms with E-state index in [1.807, 2.05) is 26.0 Å². The maximum absolute atomic E-state index is 12.0. The number of nitrogens with zero attached hydrogens (tertiary/aromatic N) is 1. The fourth-order valence-corrected chi connectivity index (χ4v) is 1.93. The van der Waals surface area contributed by atoms with Crippen LogP contribution in [0.5, 0.6) is 5.75 Å². The first-order chi connectivity index (χ1) is 10.1. The van der Waals surface area contributed by atoms with Crippen molar-refractivity contribution < 1.29 is 9.53 Å². The molecule has 2 rings (SSSR count). The Labute approximate surface area is 123 Å². The van der Waals surface area contributed by atoms with Crippen LogP contribution in [-0.4, -0.2) is 17.1 Å². The Balaban J connectivity index is 2.10. The van der Waals surface area contributed by atoms with E-state index < -0.39 is 0 Å². The van der Waals surface area contributed by atoms with Crippen LogP contribution in [0.1, 0.15) is 12.5 Å². The topological polar surface area (TPSA) is 60.3 Å². The number of hydrogen-bond acceptors (Lipinski definition) is 3. The van der Waals surface area contributed by atoms with Gasteiger partial charge < -0.3 is 14.6 Å². The quantitative estimate of drug-likeness (QED) is 0.916. The lowest BCUT2D eigenvalue weighted by molar-refractivity contribution is -0.116. The molecule has 0 unspecified atom stereocenters. The summed E-state index contributed by atoms with van der Waals surface area (Å²) in [4.78, 5) is 23.8. The molecule has 0 fully saturated rings. The van der Waals surface area contributed by atoms with Gasteiger partial charge in [0, 0.05) is 12.3 Å². The molecule has 0 saturated carbocycles. The third-order valence-corrected chi connectivity index (χ3v) is 2.93. The van der Waals surface area contributed by atoms with Crippen LogP contribution in [0.15, 0.2) is 47.4 Å². The number of ether oxygens (including phenoxy) is 1. The molecule has 21 heavy (non-hydrogen) atoms. The summed E-state index contributed by atoms with van der Waals surface area (Å²) < 4.78 is 6.81. The lowest BCUT2D eigenvalue weighted by Gasteiger charge is -2.12. The number of carbonyl (C=O) groups excluding carboxylic acids is 1. The number of aromatic nitrogens is 1. The van der Waals surface area contributed by atoms with Gasteiger partial charge in [-0.05, 0) is 37.6 Å². The Bertz CT molecular complexity index is 692. The summed E-state index contributed by atoms with van der Waals surface area (Å²) in [6.45, 7) is 4.21. The second-order valence-electron chi connectivity index (χ2n) is 4.65. The highest BCUT2D eigenvalue weighted by molar-refractivity contribution is 5.92. The maximum atomic E-state index is 12.0. The predicted octanol–water partition coefficient (Wildman–Crippen LogP) is 2.19. The van der Waals surface area contributed by atoms with Gasteiger partial charge in [0.1, 0.15) is 12.3 Å². The fourth-order valence-electron chi connectivity index (χ4n) is 1.93. The van der Waals surface area contributed by atoms with Gasteiger partial charge in [-0.15, -0.1) is 0 Å². The molecule has 1 N–H and O–H groups in total. The Morgan fingerprint density at radius 3 is 2.76 bits per heavy atom. The van der Waals surface area contributed by atoms with Gasteiger partial charge in [0.15, 0.2) is 0 Å². The maximum Gasteiger partial charge on any atom is 0.251 e. The standard InChI is InChI=1S/C16H18N2O3/c1-3-21-14-7-5-4-6-13(14)17-15(19)11-18-9-8-12(2)10-16(18)20/h4-10H,3,11H2,1-2H3,(H,17,19). The van der Waals surface area contributed by atoms with E-state index >= 15 is 0 Å². The van der Waals surface area contributed by atoms with Crippen molar-refractivity contribution in [1.29, 1.82) is 0 Å². The number of anilines is 1. The van der Waals surface area contributed by atoms with E-state index in [4.69, 9.17) is 4.74 Å². The number of pyridine rings is 1. The van der Waals surface area contributed by atoms with E-state index in [0.717, 1.165) is 5.56 Å². The van der Waals surface area contributed by atoms with Crippen LogP contribution in [0.25, 0.3) is 0 Å². The lowest BCUT2D eigenvalue weighted by Crippen LogP contribution is -2.27. The lowest BCUT2D eigenvalue weighted by atomic mass is 10.3. The molecule has 0 aliphatic heterocycles. The van der Waals surface area contributed by atoms with E-state index in [1.165, 1.54) is 10.6 Å². The normalized spacial score (nSPS) is 10.2. The number of carbonyl (C=O) groups is 1. The first-order valence-electron chi connectivity index (χ1n) is 6.79. The van der Waals surface area contributed by atoms with E-state index in [2.05, 4.69) is 5.32 Å². The first-order valence-corrected chi connectivity index (χ1v) is 6.79. The van der Waals surface area contributed by atoms with Crippen LogP contribution in [0.3, 0.4) is 0 Å². The SMILES string of the molecule is CCOc1ccccc1NC(=O)Cn1ccc(C)cc1=O. The van der Waals surface area contributed by atoms with Gasteiger partial charge in [-0.2, -0.15) is 0 Å². The van der Waals surface area contributed by atoms with E-state index in [1.54, 1.807) is 24.4 Å². The van der Waals surface area contributed by atoms with Crippen LogP contribution in [0.4, 0.5) is 5.69 Å². The van der Waals surface area contributed by atoms with Crippen LogP contribution < -0.4 is 15.6 Å². The van der Waals surface area contributed by atoms with Gasteiger partial charge >= 0.3 is 0 Å². The Kier molecular flexibility index (Phi) is 4.77. The van der Waals surface area contributed by atoms with Crippen LogP contribution in [0.2, 0.25) is 0 Å². The number of rotatable bonds is 5. The van der Waals surface area contributed by atoms with Crippen molar-refractivity contribution >= 4 is 11.6 Å². The smallest absolute Gasteiger partial charge is 0.251 e. The largest absolute Gasteiger partial charge is 0.492 e. The second kappa shape index (κ2) is 6.74. The Morgan fingerprint density at radius 2 is 2.05 bits per heavy atom. The van der Waals surface area contributed by atoms with Crippen molar-refractivity contribution in [2.24, 2.45) is 0 Å². The van der Waals surface area contributed by atoms with Crippen molar-refractivity contribution in [1.82, 2.24) is 4.57 Å². The van der Waals surface area contributed by atoms with Gasteiger partial charge in [0.05, 0.1) is 12.3 Å². The number of benzene rings is 1. The molecule has 0 aliphatic rings. The zero-order valence-corrected chi connectivity index (χ0v) is 12.1. The molecule has 5 heteroatoms. The van der Waals surface area contributed by atoms with Gasteiger partial charge in [-0.3, -0.25) is 9.59 Å². The van der Waals surface area contributed by atoms with E-state index in [-0.39, 0.29) is 18.0 Å². The molecule has 0 bridgehead atoms. The van der Waals surface area contributed by atoms with Crippen molar-refractivity contribution in [2.75, 3.05) is 11.9 Å². The van der Waals surface area contributed by atoms with Crippen molar-refractivity contribution in [3.8, 4) is 5.75 Å². The van der Waals surface area contributed by atoms with E-state index in [0.29, 0.717) is 18.0 Å². The minimum atomic E-state index is -0.270. The summed E-state index contributed by atoms with van der Waals surface area (Å²) in [5, 5.41) is 2.76. The molecule has 0 saturated heterocycles. The van der Waals surface area contributed by atoms with Crippen LogP contribution >= 0.6 is 0 Å². The summed E-state index contributed by atoms with van der Waals surface area (Å²) in [6.07, 6.45) is 1.62. The third kappa shape index (κ3) is 3.95. The average Bonchev–Trinajstić information content (AvgIpc) is 2.44. The predicted molar refractivity (Wildman–Crippen MR) is 81.7 cm³/mol. The first kappa shape index (κ1) is 14.8. The molecule has 1 amide bonds. The molecular weight excluding hydrogens is 268 g/mol. The minimum absolute atomic E-state index is 0.0282. The molecule has 2 aromatic rings. The van der Waals surface area contributed by atoms with Gasteiger partial charge in [0.25, 0.3) is 5.56 Å². The summed E-state index contributed by atoms with van der Waals surface area (Å²) in [5.41, 5.74) is 1.28. The molecule has 1 heterocycles. The summed E-state index contributed by atoms with van der Waals surface area (Å²) in [7, 11) is 0. The van der Waals surface area contributed by atoms with Crippen molar-refractivity contribution in [3.63, 3.8) is 0 Å². The molecular formula is C16H18N2O3. The van der Waals surface area contributed by atoms with Crippen LogP contribution in [0, 0.1) is 6.92 Å². The monoisotopic (exact) mass is 286 g/mol. The summed E-state index contributed by atoms with van der Waals surface area (Å²) >= 11 is 0. The zero-order chi connectivity index (χ0) is 15.2. The molecule has 110 valence electrons. The van der Waals surface area contributed by atoms with Crippen molar-refractivity contribution in [3.05, 3.63) is 58.5 Å². The molecule has 1 aromatic heterocycles. The van der Waals surface area contributed by atoms with E-state index in [9.17, 15) is 9.59 Å². The highest BCUT2D eigenvalue weighted by Crippen LogP contribution is 2.23. The highest BCUT2D eigenvalue weighted by atomic mass is 16.5. The average molecular weight is 286 g/mol. The Hall–Kier alpha value is -2.56. The Morgan fingerprint density at radius 1 is 1.29 bits per heavy atom. The molecule has 5 nitrogen and oxygen atoms in total. The third-order valence-electron chi connectivity index (χ3n) is 2.93. The molecule has 0 aliphatic carbocycles. The number of aryl methyl sites for hydroxylation is 1. The zero-order valence-electron chi connectivity index (χ0n) is 12.1. The molecule has 0 spiro atoms. The fraction of sp³-hybridized carbons (Fsp3) is 0.250. The number of amides is 1. The highest BCUT2D eigenvalue weighted by Gasteiger charge is 2.08. The number of hydrogen-bond donors (Lipinski definition) is 1. The van der Waals surface area contributed by atoms with Gasteiger partial charge in [0.2, 0.25) is 5.91 Å². The minimum Gasteiger partial charge on any atom is -0.492 e. The molecule has 0 radical (unpaired) electrons. The second-order valence-corrected chi connectivity index (χ2v) is 4.65.